The molecule has 0 aliphatic heterocycles. The molecule has 0 aliphatic carbocycles. The van der Waals surface area contributed by atoms with Crippen molar-refractivity contribution in [2.75, 3.05) is 20.3 Å². The molecular weight excluding hydrogens is 308 g/mol. The highest BCUT2D eigenvalue weighted by molar-refractivity contribution is 9.10. The van der Waals surface area contributed by atoms with Crippen molar-refractivity contribution in [2.24, 2.45) is 0 Å². The van der Waals surface area contributed by atoms with Gasteiger partial charge in [-0.3, -0.25) is 0 Å². The molecule has 0 bridgehead atoms. The van der Waals surface area contributed by atoms with Crippen LogP contribution in [0.3, 0.4) is 0 Å². The average molecular weight is 327 g/mol. The first-order valence-corrected chi connectivity index (χ1v) is 7.08. The third-order valence-electron chi connectivity index (χ3n) is 3.09. The summed E-state index contributed by atoms with van der Waals surface area (Å²) in [6.07, 6.45) is -0.481. The number of nitrogens with one attached hydrogen (secondary N) is 2. The fourth-order valence-corrected chi connectivity index (χ4v) is 2.41. The van der Waals surface area contributed by atoms with Gasteiger partial charge < -0.3 is 20.1 Å². The highest BCUT2D eigenvalue weighted by Gasteiger charge is 2.11. The normalized spacial score (nSPS) is 14.7. The number of hydrogen-bond donors (Lipinski definition) is 3. The summed E-state index contributed by atoms with van der Waals surface area (Å²) < 4.78 is 5.97. The minimum absolute atomic E-state index is 0.151. The Hall–Kier alpha value is -0.880. The molecule has 2 rings (SSSR count). The number of methoxy groups -OCH3 is 1. The minimum atomic E-state index is -0.481. The van der Waals surface area contributed by atoms with Crippen molar-refractivity contribution in [3.63, 3.8) is 0 Å². The van der Waals surface area contributed by atoms with Crippen LogP contribution < -0.4 is 5.32 Å². The molecule has 2 unspecified atom stereocenters. The average Bonchev–Trinajstić information content (AvgIpc) is 2.79. The molecule has 1 heterocycles. The molecule has 0 aliphatic rings. The van der Waals surface area contributed by atoms with E-state index < -0.39 is 6.10 Å². The summed E-state index contributed by atoms with van der Waals surface area (Å²) in [7, 11) is 1.59. The fourth-order valence-electron chi connectivity index (χ4n) is 2.03. The van der Waals surface area contributed by atoms with E-state index in [9.17, 15) is 5.11 Å². The van der Waals surface area contributed by atoms with E-state index in [4.69, 9.17) is 4.74 Å². The smallest absolute Gasteiger partial charge is 0.0897 e. The zero-order valence-electron chi connectivity index (χ0n) is 11.1. The number of halogens is 1. The van der Waals surface area contributed by atoms with Gasteiger partial charge in [-0.1, -0.05) is 15.9 Å². The van der Waals surface area contributed by atoms with Gasteiger partial charge in [0.2, 0.25) is 0 Å². The molecule has 19 heavy (non-hydrogen) atoms. The Morgan fingerprint density at radius 2 is 2.21 bits per heavy atom. The molecule has 2 atom stereocenters. The van der Waals surface area contributed by atoms with Crippen LogP contribution in [0, 0.1) is 0 Å². The lowest BCUT2D eigenvalue weighted by molar-refractivity contribution is 0.0630. The first-order valence-electron chi connectivity index (χ1n) is 6.28. The van der Waals surface area contributed by atoms with Crippen molar-refractivity contribution < 1.29 is 9.84 Å². The molecule has 0 amide bonds. The Bertz CT molecular complexity index is 541. The van der Waals surface area contributed by atoms with Crippen molar-refractivity contribution >= 4 is 26.8 Å². The van der Waals surface area contributed by atoms with Crippen molar-refractivity contribution in [1.82, 2.24) is 10.3 Å². The van der Waals surface area contributed by atoms with Crippen molar-refractivity contribution in [3.05, 3.63) is 34.4 Å². The van der Waals surface area contributed by atoms with Crippen LogP contribution in [0.4, 0.5) is 0 Å². The van der Waals surface area contributed by atoms with Gasteiger partial charge in [-0.05, 0) is 31.2 Å². The van der Waals surface area contributed by atoms with Crippen LogP contribution >= 0.6 is 15.9 Å². The van der Waals surface area contributed by atoms with Gasteiger partial charge in [0.15, 0.2) is 0 Å². The second-order valence-corrected chi connectivity index (χ2v) is 5.61. The summed E-state index contributed by atoms with van der Waals surface area (Å²) in [5.41, 5.74) is 2.22. The van der Waals surface area contributed by atoms with Crippen molar-refractivity contribution in [3.8, 4) is 0 Å². The number of fused-ring (bicyclic) bond motifs is 1. The van der Waals surface area contributed by atoms with Gasteiger partial charge in [-0.15, -0.1) is 0 Å². The predicted octanol–water partition coefficient (Wildman–Crippen LogP) is 2.59. The summed E-state index contributed by atoms with van der Waals surface area (Å²) in [5, 5.41) is 14.1. The Balaban J connectivity index is 2.02. The number of aliphatic hydroxyl groups is 1. The number of aliphatic hydroxyl groups excluding tert-OH is 1. The van der Waals surface area contributed by atoms with Crippen LogP contribution in [-0.2, 0) is 4.74 Å². The standard InChI is InChI=1S/C14H19BrN2O2/c1-9(16-7-12(18)8-19-2)14-6-10-5-11(15)3-4-13(10)17-14/h3-6,9,12,16-18H,7-8H2,1-2H3. The van der Waals surface area contributed by atoms with Crippen molar-refractivity contribution in [1.29, 1.82) is 0 Å². The number of benzene rings is 1. The first kappa shape index (κ1) is 14.5. The predicted molar refractivity (Wildman–Crippen MR) is 80.3 cm³/mol. The maximum absolute atomic E-state index is 9.62. The SMILES string of the molecule is COCC(O)CNC(C)c1cc2cc(Br)ccc2[nH]1. The lowest BCUT2D eigenvalue weighted by Crippen LogP contribution is -2.31. The summed E-state index contributed by atoms with van der Waals surface area (Å²) in [6, 6.07) is 8.43. The van der Waals surface area contributed by atoms with Crippen LogP contribution in [0.15, 0.2) is 28.7 Å². The summed E-state index contributed by atoms with van der Waals surface area (Å²) in [5.74, 6) is 0. The van der Waals surface area contributed by atoms with Crippen LogP contribution in [0.5, 0.6) is 0 Å². The molecule has 4 nitrogen and oxygen atoms in total. The number of aromatic nitrogens is 1. The highest BCUT2D eigenvalue weighted by Crippen LogP contribution is 2.23. The molecule has 104 valence electrons. The van der Waals surface area contributed by atoms with Crippen LogP contribution in [-0.4, -0.2) is 36.5 Å². The van der Waals surface area contributed by atoms with Crippen molar-refractivity contribution in [2.45, 2.75) is 19.1 Å². The van der Waals surface area contributed by atoms with Crippen LogP contribution in [0.25, 0.3) is 10.9 Å². The van der Waals surface area contributed by atoms with E-state index in [1.807, 2.05) is 6.07 Å². The van der Waals surface area contributed by atoms with E-state index >= 15 is 0 Å². The molecule has 0 spiro atoms. The van der Waals surface area contributed by atoms with Gasteiger partial charge in [0.05, 0.1) is 12.7 Å². The Morgan fingerprint density at radius 3 is 2.95 bits per heavy atom. The molecule has 0 fully saturated rings. The quantitative estimate of drug-likeness (QED) is 0.764. The Morgan fingerprint density at radius 1 is 1.42 bits per heavy atom. The monoisotopic (exact) mass is 326 g/mol. The molecule has 0 saturated carbocycles. The molecular formula is C14H19BrN2O2. The van der Waals surface area contributed by atoms with E-state index in [0.717, 1.165) is 15.7 Å². The molecule has 0 saturated heterocycles. The zero-order chi connectivity index (χ0) is 13.8. The van der Waals surface area contributed by atoms with Gasteiger partial charge >= 0.3 is 0 Å². The van der Waals surface area contributed by atoms with Gasteiger partial charge in [0.1, 0.15) is 0 Å². The maximum atomic E-state index is 9.62. The molecule has 0 radical (unpaired) electrons. The van der Waals surface area contributed by atoms with Crippen LogP contribution in [0.2, 0.25) is 0 Å². The third-order valence-corrected chi connectivity index (χ3v) is 3.58. The minimum Gasteiger partial charge on any atom is -0.389 e. The molecule has 2 aromatic rings. The highest BCUT2D eigenvalue weighted by atomic mass is 79.9. The largest absolute Gasteiger partial charge is 0.389 e. The lowest BCUT2D eigenvalue weighted by atomic mass is 10.2. The number of aromatic amines is 1. The maximum Gasteiger partial charge on any atom is 0.0897 e. The third kappa shape index (κ3) is 3.79. The summed E-state index contributed by atoms with van der Waals surface area (Å²) >= 11 is 3.47. The molecule has 1 aromatic heterocycles. The number of hydrogen-bond acceptors (Lipinski definition) is 3. The van der Waals surface area contributed by atoms with E-state index in [1.54, 1.807) is 7.11 Å². The van der Waals surface area contributed by atoms with Gasteiger partial charge in [-0.2, -0.15) is 0 Å². The van der Waals surface area contributed by atoms with E-state index in [-0.39, 0.29) is 6.04 Å². The molecule has 5 heteroatoms. The summed E-state index contributed by atoms with van der Waals surface area (Å²) in [6.45, 7) is 2.92. The van der Waals surface area contributed by atoms with Crippen LogP contribution in [0.1, 0.15) is 18.7 Å². The molecule has 1 aromatic carbocycles. The number of H-pyrrole nitrogens is 1. The number of rotatable bonds is 6. The zero-order valence-corrected chi connectivity index (χ0v) is 12.7. The second-order valence-electron chi connectivity index (χ2n) is 4.70. The van der Waals surface area contributed by atoms with E-state index in [2.05, 4.69) is 51.4 Å². The van der Waals surface area contributed by atoms with Gasteiger partial charge in [0.25, 0.3) is 0 Å². The lowest BCUT2D eigenvalue weighted by Gasteiger charge is -2.15. The first-order chi connectivity index (χ1) is 9.10. The topological polar surface area (TPSA) is 57.3 Å². The molecule has 3 N–H and O–H groups in total. The second kappa shape index (κ2) is 6.52. The van der Waals surface area contributed by atoms with E-state index in [0.29, 0.717) is 13.2 Å². The Labute approximate surface area is 121 Å². The summed E-state index contributed by atoms with van der Waals surface area (Å²) in [4.78, 5) is 3.38. The fraction of sp³-hybridized carbons (Fsp3) is 0.429. The Kier molecular flexibility index (Phi) is 4.99. The van der Waals surface area contributed by atoms with E-state index in [1.165, 1.54) is 5.39 Å². The van der Waals surface area contributed by atoms with Gasteiger partial charge in [-0.25, -0.2) is 0 Å². The number of ether oxygens (including phenoxy) is 1. The van der Waals surface area contributed by atoms with Gasteiger partial charge in [0, 0.05) is 40.8 Å².